The van der Waals surface area contributed by atoms with Crippen molar-refractivity contribution in [1.82, 2.24) is 9.97 Å². The first-order chi connectivity index (χ1) is 8.82. The maximum absolute atomic E-state index is 12.8. The Morgan fingerprint density at radius 3 is 2.42 bits per heavy atom. The highest BCUT2D eigenvalue weighted by Crippen LogP contribution is 2.38. The quantitative estimate of drug-likeness (QED) is 0.752. The highest BCUT2D eigenvalue weighted by atomic mass is 127. The Hall–Kier alpha value is -0.640. The Morgan fingerprint density at radius 2 is 1.84 bits per heavy atom. The number of anilines is 1. The molecule has 1 N–H and O–H groups in total. The molecule has 1 atom stereocenters. The van der Waals surface area contributed by atoms with E-state index < -0.39 is 11.8 Å². The van der Waals surface area contributed by atoms with Crippen LogP contribution in [0.3, 0.4) is 0 Å². The van der Waals surface area contributed by atoms with Crippen LogP contribution in [-0.4, -0.2) is 39.9 Å². The SMILES string of the molecule is OC1(C(F)(F)F)CCCN(c2ncc(I)cn2)CC1. The van der Waals surface area contributed by atoms with E-state index in [1.54, 1.807) is 17.3 Å². The van der Waals surface area contributed by atoms with Gasteiger partial charge in [-0.2, -0.15) is 13.2 Å². The molecule has 106 valence electrons. The van der Waals surface area contributed by atoms with Gasteiger partial charge in [-0.15, -0.1) is 0 Å². The van der Waals surface area contributed by atoms with Crippen molar-refractivity contribution >= 4 is 28.5 Å². The average molecular weight is 387 g/mol. The molecule has 1 saturated heterocycles. The highest BCUT2D eigenvalue weighted by molar-refractivity contribution is 14.1. The van der Waals surface area contributed by atoms with Crippen LogP contribution in [0, 0.1) is 3.57 Å². The summed E-state index contributed by atoms with van der Waals surface area (Å²) in [6, 6.07) is 0. The van der Waals surface area contributed by atoms with Gasteiger partial charge in [0.25, 0.3) is 0 Å². The second-order valence-corrected chi connectivity index (χ2v) is 5.82. The summed E-state index contributed by atoms with van der Waals surface area (Å²) in [7, 11) is 0. The topological polar surface area (TPSA) is 49.2 Å². The standard InChI is InChI=1S/C11H13F3IN3O/c12-11(13,14)10(19)2-1-4-18(5-3-10)9-16-6-8(15)7-17-9/h6-7,19H,1-5H2. The lowest BCUT2D eigenvalue weighted by Gasteiger charge is -2.29. The van der Waals surface area contributed by atoms with E-state index in [-0.39, 0.29) is 25.8 Å². The van der Waals surface area contributed by atoms with Gasteiger partial charge in [-0.05, 0) is 35.4 Å². The third kappa shape index (κ3) is 3.28. The Bertz CT molecular complexity index is 440. The van der Waals surface area contributed by atoms with Crippen molar-refractivity contribution in [3.05, 3.63) is 16.0 Å². The van der Waals surface area contributed by atoms with Gasteiger partial charge < -0.3 is 10.0 Å². The number of halogens is 4. The summed E-state index contributed by atoms with van der Waals surface area (Å²) in [4.78, 5) is 9.88. The zero-order valence-electron chi connectivity index (χ0n) is 9.99. The largest absolute Gasteiger partial charge is 0.417 e. The molecule has 0 saturated carbocycles. The van der Waals surface area contributed by atoms with Crippen LogP contribution in [0.2, 0.25) is 0 Å². The number of aliphatic hydroxyl groups is 1. The fourth-order valence-corrected chi connectivity index (χ4v) is 2.35. The molecular formula is C11H13F3IN3O. The Balaban J connectivity index is 2.11. The molecule has 1 aliphatic heterocycles. The van der Waals surface area contributed by atoms with E-state index in [0.717, 1.165) is 3.57 Å². The Kier molecular flexibility index (Phi) is 4.19. The first-order valence-corrected chi connectivity index (χ1v) is 6.91. The zero-order valence-corrected chi connectivity index (χ0v) is 12.1. The van der Waals surface area contributed by atoms with E-state index in [1.165, 1.54) is 0 Å². The predicted octanol–water partition coefficient (Wildman–Crippen LogP) is 2.36. The molecule has 1 aromatic heterocycles. The molecule has 1 unspecified atom stereocenters. The van der Waals surface area contributed by atoms with E-state index in [1.807, 2.05) is 0 Å². The van der Waals surface area contributed by atoms with Crippen molar-refractivity contribution in [2.45, 2.75) is 31.0 Å². The smallest absolute Gasteiger partial charge is 0.380 e. The molecule has 0 radical (unpaired) electrons. The van der Waals surface area contributed by atoms with Crippen LogP contribution in [0.4, 0.5) is 19.1 Å². The van der Waals surface area contributed by atoms with Crippen molar-refractivity contribution in [1.29, 1.82) is 0 Å². The monoisotopic (exact) mass is 387 g/mol. The molecule has 2 rings (SSSR count). The van der Waals surface area contributed by atoms with Gasteiger partial charge in [-0.1, -0.05) is 0 Å². The van der Waals surface area contributed by atoms with Crippen LogP contribution in [0.5, 0.6) is 0 Å². The molecule has 0 aromatic carbocycles. The predicted molar refractivity (Wildman–Crippen MR) is 71.8 cm³/mol. The average Bonchev–Trinajstić information content (AvgIpc) is 2.53. The third-order valence-corrected chi connectivity index (χ3v) is 3.79. The summed E-state index contributed by atoms with van der Waals surface area (Å²) in [5, 5.41) is 9.70. The van der Waals surface area contributed by atoms with Crippen molar-refractivity contribution in [3.8, 4) is 0 Å². The molecule has 0 bridgehead atoms. The molecule has 1 aliphatic rings. The molecule has 0 amide bonds. The van der Waals surface area contributed by atoms with E-state index in [4.69, 9.17) is 0 Å². The fraction of sp³-hybridized carbons (Fsp3) is 0.636. The van der Waals surface area contributed by atoms with Gasteiger partial charge in [0.05, 0.1) is 0 Å². The van der Waals surface area contributed by atoms with Crippen LogP contribution in [-0.2, 0) is 0 Å². The minimum atomic E-state index is -4.59. The third-order valence-electron chi connectivity index (χ3n) is 3.23. The summed E-state index contributed by atoms with van der Waals surface area (Å²) >= 11 is 2.06. The zero-order chi connectivity index (χ0) is 14.1. The van der Waals surface area contributed by atoms with Crippen molar-refractivity contribution in [2.75, 3.05) is 18.0 Å². The van der Waals surface area contributed by atoms with Gasteiger partial charge in [0.2, 0.25) is 5.95 Å². The van der Waals surface area contributed by atoms with E-state index >= 15 is 0 Å². The summed E-state index contributed by atoms with van der Waals surface area (Å²) in [5.41, 5.74) is -2.59. The maximum Gasteiger partial charge on any atom is 0.417 e. The summed E-state index contributed by atoms with van der Waals surface area (Å²) < 4.78 is 39.2. The second-order valence-electron chi connectivity index (χ2n) is 4.57. The van der Waals surface area contributed by atoms with Gasteiger partial charge in [0, 0.05) is 35.5 Å². The van der Waals surface area contributed by atoms with E-state index in [0.29, 0.717) is 12.5 Å². The molecule has 8 heteroatoms. The van der Waals surface area contributed by atoms with Crippen molar-refractivity contribution in [2.24, 2.45) is 0 Å². The lowest BCUT2D eigenvalue weighted by Crippen LogP contribution is -2.45. The Labute approximate surface area is 122 Å². The number of hydrogen-bond acceptors (Lipinski definition) is 4. The van der Waals surface area contributed by atoms with Gasteiger partial charge in [0.1, 0.15) is 0 Å². The van der Waals surface area contributed by atoms with Crippen molar-refractivity contribution in [3.63, 3.8) is 0 Å². The number of rotatable bonds is 1. The first kappa shape index (κ1) is 14.8. The Morgan fingerprint density at radius 1 is 1.21 bits per heavy atom. The van der Waals surface area contributed by atoms with Crippen molar-refractivity contribution < 1.29 is 18.3 Å². The molecule has 1 aromatic rings. The van der Waals surface area contributed by atoms with Crippen LogP contribution < -0.4 is 4.90 Å². The molecular weight excluding hydrogens is 374 g/mol. The number of nitrogens with zero attached hydrogens (tertiary/aromatic N) is 3. The minimum absolute atomic E-state index is 0.0939. The number of alkyl halides is 3. The second kappa shape index (κ2) is 5.39. The maximum atomic E-state index is 12.8. The minimum Gasteiger partial charge on any atom is -0.380 e. The van der Waals surface area contributed by atoms with Crippen LogP contribution in [0.25, 0.3) is 0 Å². The summed E-state index contributed by atoms with van der Waals surface area (Å²) in [6.45, 7) is 0.510. The van der Waals surface area contributed by atoms with Crippen LogP contribution in [0.1, 0.15) is 19.3 Å². The first-order valence-electron chi connectivity index (χ1n) is 5.83. The van der Waals surface area contributed by atoms with Crippen LogP contribution in [0.15, 0.2) is 12.4 Å². The molecule has 1 fully saturated rings. The molecule has 19 heavy (non-hydrogen) atoms. The number of hydrogen-bond donors (Lipinski definition) is 1. The van der Waals surface area contributed by atoms with Crippen LogP contribution >= 0.6 is 22.6 Å². The number of aromatic nitrogens is 2. The fourth-order valence-electron chi connectivity index (χ4n) is 2.07. The van der Waals surface area contributed by atoms with E-state index in [2.05, 4.69) is 32.6 Å². The lowest BCUT2D eigenvalue weighted by atomic mass is 9.94. The summed E-state index contributed by atoms with van der Waals surface area (Å²) in [5.74, 6) is 0.409. The van der Waals surface area contributed by atoms with Gasteiger partial charge in [0.15, 0.2) is 5.60 Å². The van der Waals surface area contributed by atoms with E-state index in [9.17, 15) is 18.3 Å². The van der Waals surface area contributed by atoms with Gasteiger partial charge in [-0.25, -0.2) is 9.97 Å². The molecule has 2 heterocycles. The molecule has 4 nitrogen and oxygen atoms in total. The molecule has 0 spiro atoms. The van der Waals surface area contributed by atoms with Gasteiger partial charge >= 0.3 is 6.18 Å². The molecule has 0 aliphatic carbocycles. The highest BCUT2D eigenvalue weighted by Gasteiger charge is 2.53. The van der Waals surface area contributed by atoms with Gasteiger partial charge in [-0.3, -0.25) is 0 Å². The normalized spacial score (nSPS) is 25.2. The lowest BCUT2D eigenvalue weighted by molar-refractivity contribution is -0.263. The summed E-state index contributed by atoms with van der Waals surface area (Å²) in [6.07, 6.45) is -1.74.